The molecule has 2 atom stereocenters. The molecule has 2 rings (SSSR count). The summed E-state index contributed by atoms with van der Waals surface area (Å²) in [6.07, 6.45) is 0.506. The molecule has 1 aromatic rings. The summed E-state index contributed by atoms with van der Waals surface area (Å²) in [5.74, 6) is -1.46. The Labute approximate surface area is 124 Å². The Kier molecular flexibility index (Phi) is 3.82. The van der Waals surface area contributed by atoms with E-state index in [-0.39, 0.29) is 17.4 Å². The standard InChI is InChI=1S/C15H23N3O3/c1-9-10(14(20)21)6-7-18(9)13(19)11-8-12(15(2,3)4)16-17(11)5/h8-10H,6-7H2,1-5H3,(H,20,21). The second-order valence-electron chi connectivity index (χ2n) is 6.76. The highest BCUT2D eigenvalue weighted by atomic mass is 16.4. The van der Waals surface area contributed by atoms with Crippen LogP contribution in [0.25, 0.3) is 0 Å². The van der Waals surface area contributed by atoms with Crippen LogP contribution < -0.4 is 0 Å². The van der Waals surface area contributed by atoms with E-state index < -0.39 is 11.9 Å². The summed E-state index contributed by atoms with van der Waals surface area (Å²) in [7, 11) is 1.75. The lowest BCUT2D eigenvalue weighted by molar-refractivity contribution is -0.142. The number of aryl methyl sites for hydroxylation is 1. The van der Waals surface area contributed by atoms with Gasteiger partial charge in [-0.15, -0.1) is 0 Å². The lowest BCUT2D eigenvalue weighted by atomic mass is 9.92. The predicted molar refractivity (Wildman–Crippen MR) is 78.1 cm³/mol. The van der Waals surface area contributed by atoms with Gasteiger partial charge in [0.15, 0.2) is 0 Å². The molecular formula is C15H23N3O3. The molecule has 2 heterocycles. The van der Waals surface area contributed by atoms with E-state index >= 15 is 0 Å². The van der Waals surface area contributed by atoms with E-state index in [0.717, 1.165) is 5.69 Å². The van der Waals surface area contributed by atoms with E-state index in [9.17, 15) is 9.59 Å². The summed E-state index contributed by atoms with van der Waals surface area (Å²) >= 11 is 0. The van der Waals surface area contributed by atoms with E-state index in [2.05, 4.69) is 5.10 Å². The zero-order chi connectivity index (χ0) is 15.9. The number of carbonyl (C=O) groups excluding carboxylic acids is 1. The van der Waals surface area contributed by atoms with Crippen molar-refractivity contribution in [2.45, 2.75) is 45.6 Å². The maximum atomic E-state index is 12.7. The third-order valence-electron chi connectivity index (χ3n) is 4.20. The molecule has 0 spiro atoms. The molecule has 0 bridgehead atoms. The first kappa shape index (κ1) is 15.5. The van der Waals surface area contributed by atoms with Crippen molar-refractivity contribution in [2.24, 2.45) is 13.0 Å². The largest absolute Gasteiger partial charge is 0.481 e. The molecule has 21 heavy (non-hydrogen) atoms. The quantitative estimate of drug-likeness (QED) is 0.899. The molecule has 6 nitrogen and oxygen atoms in total. The average molecular weight is 293 g/mol. The highest BCUT2D eigenvalue weighted by Gasteiger charge is 2.39. The summed E-state index contributed by atoms with van der Waals surface area (Å²) < 4.78 is 1.59. The van der Waals surface area contributed by atoms with Crippen LogP contribution in [-0.2, 0) is 17.3 Å². The van der Waals surface area contributed by atoms with E-state index in [1.54, 1.807) is 23.6 Å². The molecule has 116 valence electrons. The second kappa shape index (κ2) is 5.16. The van der Waals surface area contributed by atoms with Crippen LogP contribution in [0.3, 0.4) is 0 Å². The molecule has 0 saturated carbocycles. The molecule has 1 saturated heterocycles. The van der Waals surface area contributed by atoms with Gasteiger partial charge in [0.05, 0.1) is 11.6 Å². The summed E-state index contributed by atoms with van der Waals surface area (Å²) in [4.78, 5) is 25.5. The van der Waals surface area contributed by atoms with Gasteiger partial charge in [0.25, 0.3) is 5.91 Å². The van der Waals surface area contributed by atoms with Crippen LogP contribution in [0.2, 0.25) is 0 Å². The summed E-state index contributed by atoms with van der Waals surface area (Å²) in [6, 6.07) is 1.52. The van der Waals surface area contributed by atoms with Gasteiger partial charge >= 0.3 is 5.97 Å². The minimum atomic E-state index is -0.835. The number of rotatable bonds is 2. The van der Waals surface area contributed by atoms with E-state index in [1.807, 2.05) is 26.8 Å². The average Bonchev–Trinajstić information content (AvgIpc) is 2.91. The Morgan fingerprint density at radius 3 is 2.43 bits per heavy atom. The molecular weight excluding hydrogens is 270 g/mol. The topological polar surface area (TPSA) is 75.4 Å². The fourth-order valence-electron chi connectivity index (χ4n) is 2.74. The molecule has 1 N–H and O–H groups in total. The number of hydrogen-bond acceptors (Lipinski definition) is 3. The van der Waals surface area contributed by atoms with Crippen molar-refractivity contribution in [3.05, 3.63) is 17.5 Å². The monoisotopic (exact) mass is 293 g/mol. The number of aromatic nitrogens is 2. The van der Waals surface area contributed by atoms with Gasteiger partial charge in [0, 0.05) is 25.0 Å². The molecule has 1 aromatic heterocycles. The van der Waals surface area contributed by atoms with Crippen molar-refractivity contribution in [1.82, 2.24) is 14.7 Å². The van der Waals surface area contributed by atoms with Crippen LogP contribution in [0.15, 0.2) is 6.07 Å². The van der Waals surface area contributed by atoms with Gasteiger partial charge in [-0.1, -0.05) is 20.8 Å². The number of hydrogen-bond donors (Lipinski definition) is 1. The van der Waals surface area contributed by atoms with Crippen LogP contribution in [0.5, 0.6) is 0 Å². The van der Waals surface area contributed by atoms with Crippen LogP contribution in [0, 0.1) is 5.92 Å². The molecule has 6 heteroatoms. The van der Waals surface area contributed by atoms with Crippen molar-refractivity contribution in [3.8, 4) is 0 Å². The van der Waals surface area contributed by atoms with Gasteiger partial charge in [-0.25, -0.2) is 0 Å². The van der Waals surface area contributed by atoms with Gasteiger partial charge in [-0.3, -0.25) is 14.3 Å². The maximum absolute atomic E-state index is 12.7. The highest BCUT2D eigenvalue weighted by Crippen LogP contribution is 2.27. The molecule has 1 aliphatic heterocycles. The zero-order valence-corrected chi connectivity index (χ0v) is 13.3. The second-order valence-corrected chi connectivity index (χ2v) is 6.76. The Bertz CT molecular complexity index is 571. The van der Waals surface area contributed by atoms with Crippen molar-refractivity contribution in [1.29, 1.82) is 0 Å². The minimum Gasteiger partial charge on any atom is -0.481 e. The smallest absolute Gasteiger partial charge is 0.308 e. The third kappa shape index (κ3) is 2.80. The number of likely N-dealkylation sites (tertiary alicyclic amines) is 1. The molecule has 1 fully saturated rings. The number of aliphatic carboxylic acids is 1. The van der Waals surface area contributed by atoms with Gasteiger partial charge in [-0.05, 0) is 19.4 Å². The highest BCUT2D eigenvalue weighted by molar-refractivity contribution is 5.93. The number of nitrogens with zero attached hydrogens (tertiary/aromatic N) is 3. The van der Waals surface area contributed by atoms with Crippen LogP contribution in [-0.4, -0.2) is 44.3 Å². The first-order valence-corrected chi connectivity index (χ1v) is 7.21. The van der Waals surface area contributed by atoms with E-state index in [0.29, 0.717) is 18.7 Å². The fraction of sp³-hybridized carbons (Fsp3) is 0.667. The lowest BCUT2D eigenvalue weighted by Gasteiger charge is -2.23. The first-order chi connectivity index (χ1) is 9.62. The molecule has 1 amide bonds. The van der Waals surface area contributed by atoms with Crippen molar-refractivity contribution in [3.63, 3.8) is 0 Å². The fourth-order valence-corrected chi connectivity index (χ4v) is 2.74. The van der Waals surface area contributed by atoms with Crippen LogP contribution >= 0.6 is 0 Å². The number of carbonyl (C=O) groups is 2. The first-order valence-electron chi connectivity index (χ1n) is 7.21. The SMILES string of the molecule is CC1C(C(=O)O)CCN1C(=O)c1cc(C(C)(C)C)nn1C. The molecule has 2 unspecified atom stereocenters. The van der Waals surface area contributed by atoms with E-state index in [4.69, 9.17) is 5.11 Å². The Morgan fingerprint density at radius 2 is 2.00 bits per heavy atom. The van der Waals surface area contributed by atoms with E-state index in [1.165, 1.54) is 0 Å². The van der Waals surface area contributed by atoms with Gasteiger partial charge < -0.3 is 10.0 Å². The molecule has 1 aliphatic rings. The maximum Gasteiger partial charge on any atom is 0.308 e. The molecule has 0 radical (unpaired) electrons. The number of amides is 1. The Hall–Kier alpha value is -1.85. The van der Waals surface area contributed by atoms with Crippen LogP contribution in [0.4, 0.5) is 0 Å². The number of carboxylic acids is 1. The Balaban J connectivity index is 2.26. The minimum absolute atomic E-state index is 0.128. The summed E-state index contributed by atoms with van der Waals surface area (Å²) in [5.41, 5.74) is 1.24. The van der Waals surface area contributed by atoms with Gasteiger partial charge in [-0.2, -0.15) is 5.10 Å². The molecule has 0 aliphatic carbocycles. The lowest BCUT2D eigenvalue weighted by Crippen LogP contribution is -2.38. The summed E-state index contributed by atoms with van der Waals surface area (Å²) in [6.45, 7) is 8.41. The summed E-state index contributed by atoms with van der Waals surface area (Å²) in [5, 5.41) is 13.6. The zero-order valence-electron chi connectivity index (χ0n) is 13.3. The number of carboxylic acid groups (broad SMARTS) is 1. The third-order valence-corrected chi connectivity index (χ3v) is 4.20. The van der Waals surface area contributed by atoms with Crippen molar-refractivity contribution >= 4 is 11.9 Å². The predicted octanol–water partition coefficient (Wildman–Crippen LogP) is 1.65. The van der Waals surface area contributed by atoms with Crippen LogP contribution in [0.1, 0.15) is 50.3 Å². The van der Waals surface area contributed by atoms with Gasteiger partial charge in [0.1, 0.15) is 5.69 Å². The Morgan fingerprint density at radius 1 is 1.38 bits per heavy atom. The van der Waals surface area contributed by atoms with Gasteiger partial charge in [0.2, 0.25) is 0 Å². The normalized spacial score (nSPS) is 22.6. The van der Waals surface area contributed by atoms with Crippen molar-refractivity contribution < 1.29 is 14.7 Å². The molecule has 0 aromatic carbocycles. The van der Waals surface area contributed by atoms with Crippen molar-refractivity contribution in [2.75, 3.05) is 6.54 Å².